The van der Waals surface area contributed by atoms with Crippen molar-refractivity contribution in [1.29, 1.82) is 0 Å². The Labute approximate surface area is 105 Å². The molecule has 0 amide bonds. The zero-order valence-corrected chi connectivity index (χ0v) is 10.4. The second kappa shape index (κ2) is 3.59. The zero-order chi connectivity index (χ0) is 12.9. The summed E-state index contributed by atoms with van der Waals surface area (Å²) in [6, 6.07) is 7.53. The lowest BCUT2D eigenvalue weighted by Crippen LogP contribution is -2.52. The second-order valence-electron chi connectivity index (χ2n) is 5.39. The molecule has 3 N–H and O–H groups in total. The lowest BCUT2D eigenvalue weighted by molar-refractivity contribution is -0.140. The Morgan fingerprint density at radius 3 is 2.83 bits per heavy atom. The van der Waals surface area contributed by atoms with E-state index in [4.69, 9.17) is 0 Å². The number of aliphatic carboxylic acids is 1. The van der Waals surface area contributed by atoms with E-state index >= 15 is 0 Å². The molecule has 0 saturated heterocycles. The highest BCUT2D eigenvalue weighted by Gasteiger charge is 2.37. The van der Waals surface area contributed by atoms with Crippen LogP contribution in [0.1, 0.15) is 25.1 Å². The maximum Gasteiger partial charge on any atom is 0.321 e. The van der Waals surface area contributed by atoms with Crippen LogP contribution in [-0.2, 0) is 16.8 Å². The predicted octanol–water partition coefficient (Wildman–Crippen LogP) is 2.00. The van der Waals surface area contributed by atoms with Crippen molar-refractivity contribution in [3.05, 3.63) is 35.5 Å². The Morgan fingerprint density at radius 2 is 2.11 bits per heavy atom. The van der Waals surface area contributed by atoms with Crippen molar-refractivity contribution in [1.82, 2.24) is 10.3 Å². The Balaban J connectivity index is 2.22. The molecule has 0 unspecified atom stereocenters. The quantitative estimate of drug-likeness (QED) is 0.719. The Morgan fingerprint density at radius 1 is 1.39 bits per heavy atom. The number of hydrogen-bond donors (Lipinski definition) is 3. The number of para-hydroxylation sites is 1. The number of hydrogen-bond acceptors (Lipinski definition) is 2. The van der Waals surface area contributed by atoms with E-state index < -0.39 is 12.0 Å². The maximum atomic E-state index is 11.2. The number of aromatic amines is 1. The van der Waals surface area contributed by atoms with Crippen LogP contribution in [0.3, 0.4) is 0 Å². The van der Waals surface area contributed by atoms with Crippen molar-refractivity contribution >= 4 is 16.9 Å². The van der Waals surface area contributed by atoms with Gasteiger partial charge < -0.3 is 10.1 Å². The van der Waals surface area contributed by atoms with E-state index in [9.17, 15) is 9.90 Å². The zero-order valence-electron chi connectivity index (χ0n) is 10.4. The SMILES string of the molecule is CC1(C)N[C@@H](C(=O)O)Cc2c1[nH]c1ccccc21. The molecule has 1 atom stereocenters. The average molecular weight is 244 g/mol. The molecule has 0 fully saturated rings. The molecular formula is C14H16N2O2. The summed E-state index contributed by atoms with van der Waals surface area (Å²) in [5.41, 5.74) is 2.95. The number of aromatic nitrogens is 1. The van der Waals surface area contributed by atoms with Crippen LogP contribution in [0.25, 0.3) is 10.9 Å². The molecule has 0 saturated carbocycles. The fourth-order valence-electron chi connectivity index (χ4n) is 2.86. The molecule has 3 rings (SSSR count). The van der Waals surface area contributed by atoms with Gasteiger partial charge in [0.05, 0.1) is 5.54 Å². The highest BCUT2D eigenvalue weighted by molar-refractivity contribution is 5.87. The van der Waals surface area contributed by atoms with Gasteiger partial charge in [0, 0.05) is 23.0 Å². The Hall–Kier alpha value is -1.81. The van der Waals surface area contributed by atoms with Gasteiger partial charge in [-0.05, 0) is 25.5 Å². The molecule has 1 aliphatic rings. The van der Waals surface area contributed by atoms with Gasteiger partial charge in [0.1, 0.15) is 6.04 Å². The summed E-state index contributed by atoms with van der Waals surface area (Å²) in [6.07, 6.45) is 0.526. The fraction of sp³-hybridized carbons (Fsp3) is 0.357. The van der Waals surface area contributed by atoms with E-state index in [2.05, 4.69) is 10.3 Å². The topological polar surface area (TPSA) is 65.1 Å². The molecule has 0 radical (unpaired) electrons. The monoisotopic (exact) mass is 244 g/mol. The minimum Gasteiger partial charge on any atom is -0.480 e. The number of carbonyl (C=O) groups is 1. The van der Waals surface area contributed by atoms with Gasteiger partial charge in [-0.3, -0.25) is 10.1 Å². The largest absolute Gasteiger partial charge is 0.480 e. The summed E-state index contributed by atoms with van der Waals surface area (Å²) in [4.78, 5) is 14.6. The van der Waals surface area contributed by atoms with Crippen LogP contribution in [-0.4, -0.2) is 22.1 Å². The van der Waals surface area contributed by atoms with E-state index in [0.717, 1.165) is 22.2 Å². The number of benzene rings is 1. The van der Waals surface area contributed by atoms with Crippen LogP contribution >= 0.6 is 0 Å². The van der Waals surface area contributed by atoms with Gasteiger partial charge in [-0.15, -0.1) is 0 Å². The third-order valence-corrected chi connectivity index (χ3v) is 3.68. The summed E-state index contributed by atoms with van der Waals surface area (Å²) in [7, 11) is 0. The summed E-state index contributed by atoms with van der Waals surface area (Å²) in [5, 5.41) is 13.5. The number of nitrogens with one attached hydrogen (secondary N) is 2. The predicted molar refractivity (Wildman–Crippen MR) is 69.6 cm³/mol. The molecule has 1 aliphatic heterocycles. The normalized spacial score (nSPS) is 21.8. The minimum absolute atomic E-state index is 0.352. The smallest absolute Gasteiger partial charge is 0.321 e. The third kappa shape index (κ3) is 1.53. The highest BCUT2D eigenvalue weighted by Crippen LogP contribution is 2.34. The molecule has 2 heterocycles. The van der Waals surface area contributed by atoms with Gasteiger partial charge >= 0.3 is 5.97 Å². The first-order valence-corrected chi connectivity index (χ1v) is 6.09. The van der Waals surface area contributed by atoms with Gasteiger partial charge in [0.2, 0.25) is 0 Å². The summed E-state index contributed by atoms with van der Waals surface area (Å²) < 4.78 is 0. The number of H-pyrrole nitrogens is 1. The van der Waals surface area contributed by atoms with Crippen molar-refractivity contribution in [3.8, 4) is 0 Å². The lowest BCUT2D eigenvalue weighted by Gasteiger charge is -2.35. The molecule has 1 aromatic heterocycles. The molecule has 0 spiro atoms. The van der Waals surface area contributed by atoms with Crippen molar-refractivity contribution in [2.24, 2.45) is 0 Å². The van der Waals surface area contributed by atoms with E-state index in [-0.39, 0.29) is 5.54 Å². The Bertz CT molecular complexity index is 628. The molecule has 1 aromatic carbocycles. The van der Waals surface area contributed by atoms with Crippen molar-refractivity contribution in [3.63, 3.8) is 0 Å². The van der Waals surface area contributed by atoms with Crippen molar-refractivity contribution < 1.29 is 9.90 Å². The van der Waals surface area contributed by atoms with Crippen LogP contribution in [0.15, 0.2) is 24.3 Å². The number of rotatable bonds is 1. The van der Waals surface area contributed by atoms with Crippen LogP contribution in [0.2, 0.25) is 0 Å². The average Bonchev–Trinajstić information content (AvgIpc) is 2.68. The van der Waals surface area contributed by atoms with Gasteiger partial charge in [-0.1, -0.05) is 18.2 Å². The van der Waals surface area contributed by atoms with Crippen molar-refractivity contribution in [2.45, 2.75) is 31.8 Å². The van der Waals surface area contributed by atoms with E-state index in [1.807, 2.05) is 38.1 Å². The van der Waals surface area contributed by atoms with Gasteiger partial charge in [0.15, 0.2) is 0 Å². The number of carboxylic acid groups (broad SMARTS) is 1. The molecule has 94 valence electrons. The standard InChI is InChI=1S/C14H16N2O2/c1-14(2)12-9(7-11(16-14)13(17)18)8-5-3-4-6-10(8)15-12/h3-6,11,15-16H,7H2,1-2H3,(H,17,18)/t11-/m1/s1. The highest BCUT2D eigenvalue weighted by atomic mass is 16.4. The van der Waals surface area contributed by atoms with E-state index in [0.29, 0.717) is 6.42 Å². The molecule has 2 aromatic rings. The molecule has 0 aliphatic carbocycles. The van der Waals surface area contributed by atoms with Gasteiger partial charge in [-0.2, -0.15) is 0 Å². The molecule has 4 heteroatoms. The first-order valence-electron chi connectivity index (χ1n) is 6.09. The second-order valence-corrected chi connectivity index (χ2v) is 5.39. The first kappa shape index (κ1) is 11.3. The molecule has 18 heavy (non-hydrogen) atoms. The van der Waals surface area contributed by atoms with Crippen LogP contribution in [0.4, 0.5) is 0 Å². The first-order chi connectivity index (χ1) is 8.49. The molecule has 0 bridgehead atoms. The molecule has 4 nitrogen and oxygen atoms in total. The summed E-state index contributed by atoms with van der Waals surface area (Å²) in [5.74, 6) is -0.793. The van der Waals surface area contributed by atoms with Crippen LogP contribution < -0.4 is 5.32 Å². The summed E-state index contributed by atoms with van der Waals surface area (Å²) >= 11 is 0. The van der Waals surface area contributed by atoms with Gasteiger partial charge in [-0.25, -0.2) is 0 Å². The minimum atomic E-state index is -0.793. The number of carboxylic acids is 1. The lowest BCUT2D eigenvalue weighted by atomic mass is 9.86. The number of fused-ring (bicyclic) bond motifs is 3. The maximum absolute atomic E-state index is 11.2. The third-order valence-electron chi connectivity index (χ3n) is 3.68. The van der Waals surface area contributed by atoms with Gasteiger partial charge in [0.25, 0.3) is 0 Å². The van der Waals surface area contributed by atoms with Crippen LogP contribution in [0, 0.1) is 0 Å². The van der Waals surface area contributed by atoms with Crippen LogP contribution in [0.5, 0.6) is 0 Å². The summed E-state index contributed by atoms with van der Waals surface area (Å²) in [6.45, 7) is 4.02. The molecular weight excluding hydrogens is 228 g/mol. The van der Waals surface area contributed by atoms with E-state index in [1.165, 1.54) is 0 Å². The van der Waals surface area contributed by atoms with Crippen molar-refractivity contribution in [2.75, 3.05) is 0 Å². The fourth-order valence-corrected chi connectivity index (χ4v) is 2.86. The van der Waals surface area contributed by atoms with E-state index in [1.54, 1.807) is 0 Å². The Kier molecular flexibility index (Phi) is 2.25.